The lowest BCUT2D eigenvalue weighted by atomic mass is 10.0. The van der Waals surface area contributed by atoms with E-state index >= 15 is 0 Å². The van der Waals surface area contributed by atoms with Crippen LogP contribution < -0.4 is 10.6 Å². The molecule has 1 saturated heterocycles. The molecule has 0 unspecified atom stereocenters. The molecule has 0 spiro atoms. The number of ether oxygens (including phenoxy) is 2. The fraction of sp³-hybridized carbons (Fsp3) is 0.812. The summed E-state index contributed by atoms with van der Waals surface area (Å²) in [5.74, 6) is 2.55. The van der Waals surface area contributed by atoms with Crippen molar-refractivity contribution in [2.24, 2.45) is 10.9 Å². The van der Waals surface area contributed by atoms with Crippen molar-refractivity contribution in [3.8, 4) is 0 Å². The van der Waals surface area contributed by atoms with Crippen LogP contribution in [0.2, 0.25) is 0 Å². The Balaban J connectivity index is 0.00000312. The van der Waals surface area contributed by atoms with Crippen molar-refractivity contribution in [2.75, 3.05) is 39.5 Å². The molecule has 0 aromatic carbocycles. The number of hydrogen-bond donors (Lipinski definition) is 2. The third-order valence-electron chi connectivity index (χ3n) is 3.74. The van der Waals surface area contributed by atoms with Gasteiger partial charge in [0.1, 0.15) is 6.54 Å². The summed E-state index contributed by atoms with van der Waals surface area (Å²) in [6.07, 6.45) is 3.17. The first kappa shape index (κ1) is 22.1. The van der Waals surface area contributed by atoms with Gasteiger partial charge >= 0.3 is 0 Å². The molecule has 1 aromatic heterocycles. The molecule has 25 heavy (non-hydrogen) atoms. The van der Waals surface area contributed by atoms with E-state index in [1.54, 1.807) is 6.92 Å². The molecular weight excluding hydrogens is 437 g/mol. The van der Waals surface area contributed by atoms with E-state index < -0.39 is 0 Å². The summed E-state index contributed by atoms with van der Waals surface area (Å²) < 4.78 is 16.0. The highest BCUT2D eigenvalue weighted by Crippen LogP contribution is 2.14. The van der Waals surface area contributed by atoms with Crippen molar-refractivity contribution in [1.82, 2.24) is 20.8 Å². The zero-order valence-electron chi connectivity index (χ0n) is 15.1. The summed E-state index contributed by atoms with van der Waals surface area (Å²) in [4.78, 5) is 8.58. The van der Waals surface area contributed by atoms with E-state index in [1.807, 2.05) is 6.92 Å². The number of rotatable bonds is 9. The van der Waals surface area contributed by atoms with E-state index in [1.165, 1.54) is 0 Å². The summed E-state index contributed by atoms with van der Waals surface area (Å²) in [7, 11) is 0. The van der Waals surface area contributed by atoms with Gasteiger partial charge in [0.2, 0.25) is 5.89 Å². The van der Waals surface area contributed by atoms with Gasteiger partial charge in [0, 0.05) is 46.4 Å². The van der Waals surface area contributed by atoms with Gasteiger partial charge in [-0.1, -0.05) is 5.16 Å². The van der Waals surface area contributed by atoms with Crippen LogP contribution in [0.3, 0.4) is 0 Å². The van der Waals surface area contributed by atoms with Gasteiger partial charge in [0.05, 0.1) is 0 Å². The van der Waals surface area contributed by atoms with Crippen LogP contribution in [0.5, 0.6) is 0 Å². The van der Waals surface area contributed by atoms with Gasteiger partial charge in [0.15, 0.2) is 11.8 Å². The van der Waals surface area contributed by atoms with Crippen molar-refractivity contribution in [3.05, 3.63) is 11.7 Å². The predicted octanol–water partition coefficient (Wildman–Crippen LogP) is 1.88. The smallest absolute Gasteiger partial charge is 0.223 e. The Morgan fingerprint density at radius 2 is 2.12 bits per heavy atom. The Morgan fingerprint density at radius 3 is 2.80 bits per heavy atom. The molecule has 0 radical (unpaired) electrons. The van der Waals surface area contributed by atoms with Gasteiger partial charge in [-0.25, -0.2) is 4.99 Å². The van der Waals surface area contributed by atoms with Gasteiger partial charge in [-0.2, -0.15) is 4.98 Å². The molecule has 1 fully saturated rings. The Bertz CT molecular complexity index is 492. The van der Waals surface area contributed by atoms with Crippen molar-refractivity contribution in [2.45, 2.75) is 39.7 Å². The first-order valence-corrected chi connectivity index (χ1v) is 8.74. The van der Waals surface area contributed by atoms with Gasteiger partial charge in [-0.3, -0.25) is 0 Å². The second-order valence-corrected chi connectivity index (χ2v) is 5.84. The fourth-order valence-corrected chi connectivity index (χ4v) is 2.44. The van der Waals surface area contributed by atoms with Crippen LogP contribution in [0.25, 0.3) is 0 Å². The maximum atomic E-state index is 5.76. The minimum Gasteiger partial charge on any atom is -0.381 e. The third kappa shape index (κ3) is 9.36. The van der Waals surface area contributed by atoms with E-state index in [4.69, 9.17) is 14.0 Å². The molecule has 1 aliphatic heterocycles. The van der Waals surface area contributed by atoms with E-state index in [9.17, 15) is 0 Å². The second kappa shape index (κ2) is 13.3. The van der Waals surface area contributed by atoms with Crippen LogP contribution >= 0.6 is 24.0 Å². The summed E-state index contributed by atoms with van der Waals surface area (Å²) in [6, 6.07) is 0. The average molecular weight is 467 g/mol. The van der Waals surface area contributed by atoms with Crippen molar-refractivity contribution >= 4 is 29.9 Å². The number of aromatic nitrogens is 2. The standard InChI is InChI=1S/C16H29N5O3.HI/c1-3-17-16(19-11-15-20-13(2)24-21-15)18-7-4-8-23-12-14-5-9-22-10-6-14;/h14H,3-12H2,1-2H3,(H2,17,18,19);1H. The van der Waals surface area contributed by atoms with Crippen LogP contribution in [-0.2, 0) is 16.0 Å². The van der Waals surface area contributed by atoms with Gasteiger partial charge < -0.3 is 24.6 Å². The lowest BCUT2D eigenvalue weighted by molar-refractivity contribution is 0.0203. The third-order valence-corrected chi connectivity index (χ3v) is 3.74. The lowest BCUT2D eigenvalue weighted by Gasteiger charge is -2.21. The van der Waals surface area contributed by atoms with E-state index in [-0.39, 0.29) is 24.0 Å². The molecule has 9 heteroatoms. The number of halogens is 1. The van der Waals surface area contributed by atoms with Gasteiger partial charge in [-0.15, -0.1) is 24.0 Å². The van der Waals surface area contributed by atoms with Gasteiger partial charge in [-0.05, 0) is 32.1 Å². The number of nitrogens with zero attached hydrogens (tertiary/aromatic N) is 3. The van der Waals surface area contributed by atoms with Crippen molar-refractivity contribution in [3.63, 3.8) is 0 Å². The molecular formula is C16H30IN5O3. The summed E-state index contributed by atoms with van der Waals surface area (Å²) in [6.45, 7) is 9.16. The van der Waals surface area contributed by atoms with Gasteiger partial charge in [0.25, 0.3) is 0 Å². The Hall–Kier alpha value is -0.940. The molecule has 0 atom stereocenters. The molecule has 8 nitrogen and oxygen atoms in total. The number of guanidine groups is 1. The number of aryl methyl sites for hydroxylation is 1. The Morgan fingerprint density at radius 1 is 1.32 bits per heavy atom. The number of aliphatic imine (C=N–C) groups is 1. The monoisotopic (exact) mass is 467 g/mol. The van der Waals surface area contributed by atoms with Crippen LogP contribution in [-0.4, -0.2) is 55.6 Å². The van der Waals surface area contributed by atoms with Crippen LogP contribution in [0.15, 0.2) is 9.52 Å². The first-order valence-electron chi connectivity index (χ1n) is 8.74. The van der Waals surface area contributed by atoms with E-state index in [0.717, 1.165) is 64.7 Å². The topological polar surface area (TPSA) is 93.8 Å². The Kier molecular flexibility index (Phi) is 11.7. The highest BCUT2D eigenvalue weighted by Gasteiger charge is 2.13. The van der Waals surface area contributed by atoms with E-state index in [2.05, 4.69) is 25.8 Å². The van der Waals surface area contributed by atoms with Crippen molar-refractivity contribution in [1.29, 1.82) is 0 Å². The summed E-state index contributed by atoms with van der Waals surface area (Å²) in [5.41, 5.74) is 0. The molecule has 1 aliphatic rings. The summed E-state index contributed by atoms with van der Waals surface area (Å²) in [5, 5.41) is 10.3. The Labute approximate surface area is 166 Å². The zero-order chi connectivity index (χ0) is 17.0. The number of hydrogen-bond acceptors (Lipinski definition) is 6. The van der Waals surface area contributed by atoms with Crippen molar-refractivity contribution < 1.29 is 14.0 Å². The van der Waals surface area contributed by atoms with Crippen LogP contribution in [0.4, 0.5) is 0 Å². The minimum absolute atomic E-state index is 0. The minimum atomic E-state index is 0. The van der Waals surface area contributed by atoms with E-state index in [0.29, 0.717) is 24.2 Å². The molecule has 0 amide bonds. The summed E-state index contributed by atoms with van der Waals surface area (Å²) >= 11 is 0. The molecule has 0 saturated carbocycles. The van der Waals surface area contributed by atoms with Crippen LogP contribution in [0, 0.1) is 12.8 Å². The molecule has 2 N–H and O–H groups in total. The number of nitrogens with one attached hydrogen (secondary N) is 2. The molecule has 2 rings (SSSR count). The SMILES string of the molecule is CCNC(=NCc1noc(C)n1)NCCCOCC1CCOCC1.I. The average Bonchev–Trinajstić information content (AvgIpc) is 3.02. The molecule has 2 heterocycles. The largest absolute Gasteiger partial charge is 0.381 e. The molecule has 0 bridgehead atoms. The molecule has 1 aromatic rings. The zero-order valence-corrected chi connectivity index (χ0v) is 17.5. The highest BCUT2D eigenvalue weighted by molar-refractivity contribution is 14.0. The fourth-order valence-electron chi connectivity index (χ4n) is 2.44. The normalized spacial score (nSPS) is 15.7. The lowest BCUT2D eigenvalue weighted by Crippen LogP contribution is -2.38. The highest BCUT2D eigenvalue weighted by atomic mass is 127. The molecule has 0 aliphatic carbocycles. The maximum absolute atomic E-state index is 5.76. The quantitative estimate of drug-likeness (QED) is 0.248. The first-order chi connectivity index (χ1) is 11.8. The molecule has 144 valence electrons. The van der Waals surface area contributed by atoms with Crippen LogP contribution in [0.1, 0.15) is 37.9 Å². The maximum Gasteiger partial charge on any atom is 0.223 e. The predicted molar refractivity (Wildman–Crippen MR) is 106 cm³/mol. The second-order valence-electron chi connectivity index (χ2n) is 5.84.